The summed E-state index contributed by atoms with van der Waals surface area (Å²) in [6.07, 6.45) is -1.25. The number of aromatic nitrogens is 4. The van der Waals surface area contributed by atoms with E-state index in [4.69, 9.17) is 11.6 Å². The minimum Gasteiger partial charge on any atom is -0.352 e. The summed E-state index contributed by atoms with van der Waals surface area (Å²) in [5, 5.41) is 7.92. The Kier molecular flexibility index (Phi) is 9.23. The fourth-order valence-electron chi connectivity index (χ4n) is 5.64. The molecular weight excluding hydrogens is 637 g/mol. The van der Waals surface area contributed by atoms with Crippen LogP contribution >= 0.6 is 34.7 Å². The van der Waals surface area contributed by atoms with Crippen LogP contribution in [0.5, 0.6) is 0 Å². The zero-order chi connectivity index (χ0) is 31.8. The second kappa shape index (κ2) is 12.8. The van der Waals surface area contributed by atoms with Crippen molar-refractivity contribution < 1.29 is 18.0 Å². The van der Waals surface area contributed by atoms with Crippen LogP contribution in [0.4, 0.5) is 19.0 Å². The fraction of sp³-hybridized carbons (Fsp3) is 0.345. The molecule has 232 valence electrons. The van der Waals surface area contributed by atoms with E-state index in [0.29, 0.717) is 52.1 Å². The first-order valence-electron chi connectivity index (χ1n) is 13.7. The summed E-state index contributed by atoms with van der Waals surface area (Å²) >= 11 is 8.58. The first-order chi connectivity index (χ1) is 20.9. The number of hydrogen-bond donors (Lipinski definition) is 1. The van der Waals surface area contributed by atoms with Gasteiger partial charge in [-0.3, -0.25) is 14.2 Å². The molecule has 0 radical (unpaired) electrons. The number of thioether (sulfide) groups is 1. The number of rotatable bonds is 3. The van der Waals surface area contributed by atoms with Gasteiger partial charge in [-0.1, -0.05) is 18.2 Å². The predicted octanol–water partition coefficient (Wildman–Crippen LogP) is 5.67. The van der Waals surface area contributed by atoms with Gasteiger partial charge in [0.15, 0.2) is 0 Å². The monoisotopic (exact) mass is 664 g/mol. The molecule has 44 heavy (non-hydrogen) atoms. The maximum Gasteiger partial charge on any atom is 0.417 e. The third-order valence-corrected chi connectivity index (χ3v) is 9.80. The standard InChI is InChI=1S/C25H24ClF3N4O2S2.C4H4N2O/c1-4-19(34)33-13(2)10-31(11-14(33)3)23-16-9-17(25(27,28)29)20(18-8-15(26)12-37-18)22-21(16)32(24(35)30-23)6-5-7-36-22;7-4-2-1-3-5-6-4/h4,8-9,12-14H,1,5-7,10-11H2,2-3H3;1-3H,(H,6,7). The number of alkyl halides is 3. The molecule has 0 aliphatic carbocycles. The second-order valence-electron chi connectivity index (χ2n) is 10.4. The van der Waals surface area contributed by atoms with Crippen molar-refractivity contribution in [2.75, 3.05) is 23.7 Å². The Bertz CT molecular complexity index is 1810. The molecule has 1 N–H and O–H groups in total. The zero-order valence-corrected chi connectivity index (χ0v) is 26.1. The van der Waals surface area contributed by atoms with E-state index in [0.717, 1.165) is 17.4 Å². The van der Waals surface area contributed by atoms with Gasteiger partial charge in [0, 0.05) is 70.1 Å². The number of hydrogen-bond acceptors (Lipinski definition) is 8. The van der Waals surface area contributed by atoms with Crippen LogP contribution in [0, 0.1) is 0 Å². The van der Waals surface area contributed by atoms with Crippen molar-refractivity contribution in [1.82, 2.24) is 24.6 Å². The Morgan fingerprint density at radius 3 is 2.48 bits per heavy atom. The van der Waals surface area contributed by atoms with Gasteiger partial charge in [0.05, 0.1) is 16.1 Å². The van der Waals surface area contributed by atoms with Crippen molar-refractivity contribution in [3.63, 3.8) is 0 Å². The summed E-state index contributed by atoms with van der Waals surface area (Å²) in [4.78, 5) is 44.5. The molecule has 2 aliphatic heterocycles. The van der Waals surface area contributed by atoms with Crippen LogP contribution in [-0.2, 0) is 17.5 Å². The van der Waals surface area contributed by atoms with Crippen molar-refractivity contribution >= 4 is 57.3 Å². The van der Waals surface area contributed by atoms with Gasteiger partial charge >= 0.3 is 11.9 Å². The summed E-state index contributed by atoms with van der Waals surface area (Å²) in [5.41, 5.74) is -0.918. The van der Waals surface area contributed by atoms with Gasteiger partial charge in [0.1, 0.15) is 5.82 Å². The first-order valence-corrected chi connectivity index (χ1v) is 15.9. The number of thiophene rings is 1. The zero-order valence-electron chi connectivity index (χ0n) is 23.7. The lowest BCUT2D eigenvalue weighted by Crippen LogP contribution is -2.58. The lowest BCUT2D eigenvalue weighted by Gasteiger charge is -2.44. The van der Waals surface area contributed by atoms with Crippen molar-refractivity contribution in [3.8, 4) is 10.4 Å². The van der Waals surface area contributed by atoms with Crippen LogP contribution in [0.1, 0.15) is 25.8 Å². The number of nitrogens with one attached hydrogen (secondary N) is 1. The summed E-state index contributed by atoms with van der Waals surface area (Å²) in [7, 11) is 0. The Morgan fingerprint density at radius 2 is 1.93 bits per heavy atom. The van der Waals surface area contributed by atoms with Crippen molar-refractivity contribution in [2.24, 2.45) is 0 Å². The van der Waals surface area contributed by atoms with Crippen molar-refractivity contribution in [3.05, 3.63) is 79.9 Å². The van der Waals surface area contributed by atoms with E-state index in [1.807, 2.05) is 18.7 Å². The molecular formula is C29H28ClF3N6O3S2. The minimum absolute atomic E-state index is 0.0530. The minimum atomic E-state index is -4.64. The molecule has 1 aromatic carbocycles. The largest absolute Gasteiger partial charge is 0.417 e. The smallest absolute Gasteiger partial charge is 0.352 e. The molecule has 0 bridgehead atoms. The highest BCUT2D eigenvalue weighted by Gasteiger charge is 2.39. The normalized spacial score (nSPS) is 18.4. The SMILES string of the molecule is C=CC(=O)N1C(C)CN(c2nc(=O)n3c4c(c(-c5cc(Cl)cs5)c(C(F)(F)F)cc24)SCCC3)CC1C.O=c1cccn[nH]1. The molecule has 9 nitrogen and oxygen atoms in total. The van der Waals surface area contributed by atoms with Crippen LogP contribution in [0.3, 0.4) is 0 Å². The van der Waals surface area contributed by atoms with Gasteiger partial charge in [-0.05, 0) is 50.3 Å². The van der Waals surface area contributed by atoms with E-state index in [1.54, 1.807) is 16.3 Å². The quantitative estimate of drug-likeness (QED) is 0.281. The van der Waals surface area contributed by atoms with Crippen molar-refractivity contribution in [1.29, 1.82) is 0 Å². The van der Waals surface area contributed by atoms with E-state index in [9.17, 15) is 27.6 Å². The average Bonchev–Trinajstić information content (AvgIpc) is 3.27. The number of piperazine rings is 1. The average molecular weight is 665 g/mol. The molecule has 0 spiro atoms. The van der Waals surface area contributed by atoms with Gasteiger partial charge in [0.25, 0.3) is 5.56 Å². The van der Waals surface area contributed by atoms with E-state index >= 15 is 0 Å². The molecule has 4 aromatic rings. The van der Waals surface area contributed by atoms with Gasteiger partial charge < -0.3 is 9.80 Å². The Morgan fingerprint density at radius 1 is 1.20 bits per heavy atom. The number of carbonyl (C=O) groups excluding carboxylic acids is 1. The van der Waals surface area contributed by atoms with Crippen LogP contribution in [0.25, 0.3) is 21.3 Å². The maximum absolute atomic E-state index is 14.6. The fourth-order valence-corrected chi connectivity index (χ4v) is 8.04. The molecule has 1 saturated heterocycles. The number of carbonyl (C=O) groups is 1. The molecule has 2 aliphatic rings. The number of halogens is 4. The molecule has 15 heteroatoms. The van der Waals surface area contributed by atoms with E-state index in [1.165, 1.54) is 40.7 Å². The molecule has 1 amide bonds. The highest BCUT2D eigenvalue weighted by atomic mass is 35.5. The lowest BCUT2D eigenvalue weighted by atomic mass is 10.0. The number of amides is 1. The van der Waals surface area contributed by atoms with E-state index in [2.05, 4.69) is 21.8 Å². The number of anilines is 1. The highest BCUT2D eigenvalue weighted by molar-refractivity contribution is 7.99. The Labute approximate surface area is 263 Å². The van der Waals surface area contributed by atoms with Gasteiger partial charge in [-0.25, -0.2) is 9.89 Å². The molecule has 0 saturated carbocycles. The maximum atomic E-state index is 14.6. The lowest BCUT2D eigenvalue weighted by molar-refractivity contribution is -0.137. The molecule has 6 rings (SSSR count). The number of aryl methyl sites for hydroxylation is 1. The number of aromatic amines is 1. The highest BCUT2D eigenvalue weighted by Crippen LogP contribution is 2.49. The van der Waals surface area contributed by atoms with E-state index in [-0.39, 0.29) is 40.3 Å². The third kappa shape index (κ3) is 6.28. The topological polar surface area (TPSA) is 104 Å². The number of H-pyrrole nitrogens is 1. The molecule has 3 aromatic heterocycles. The first kappa shape index (κ1) is 31.8. The van der Waals surface area contributed by atoms with Gasteiger partial charge in [-0.2, -0.15) is 23.3 Å². The molecule has 5 heterocycles. The number of benzene rings is 1. The van der Waals surface area contributed by atoms with Gasteiger partial charge in [0.2, 0.25) is 5.91 Å². The van der Waals surface area contributed by atoms with Crippen molar-refractivity contribution in [2.45, 2.75) is 50.0 Å². The summed E-state index contributed by atoms with van der Waals surface area (Å²) in [5.74, 6) is 0.566. The number of nitrogens with zero attached hydrogens (tertiary/aromatic N) is 5. The molecule has 2 unspecified atom stereocenters. The molecule has 1 fully saturated rings. The summed E-state index contributed by atoms with van der Waals surface area (Å²) < 4.78 is 45.2. The third-order valence-electron chi connectivity index (χ3n) is 7.32. The Balaban J connectivity index is 0.000000484. The second-order valence-corrected chi connectivity index (χ2v) is 12.8. The summed E-state index contributed by atoms with van der Waals surface area (Å²) in [6, 6.07) is 5.14. The van der Waals surface area contributed by atoms with Crippen LogP contribution in [-0.4, -0.2) is 61.5 Å². The summed E-state index contributed by atoms with van der Waals surface area (Å²) in [6.45, 7) is 8.31. The van der Waals surface area contributed by atoms with Crippen LogP contribution in [0.15, 0.2) is 63.0 Å². The van der Waals surface area contributed by atoms with Gasteiger partial charge in [-0.15, -0.1) is 23.1 Å². The predicted molar refractivity (Wildman–Crippen MR) is 168 cm³/mol. The van der Waals surface area contributed by atoms with Crippen LogP contribution in [0.2, 0.25) is 5.02 Å². The molecule has 2 atom stereocenters. The Hall–Kier alpha value is -3.62. The van der Waals surface area contributed by atoms with Crippen LogP contribution < -0.4 is 16.1 Å². The van der Waals surface area contributed by atoms with E-state index < -0.39 is 17.4 Å².